The average molecular weight is 534 g/mol. The molecular formula is C28H31N5O4S. The lowest BCUT2D eigenvalue weighted by Gasteiger charge is -2.54. The topological polar surface area (TPSA) is 97.0 Å². The molecule has 2 saturated heterocycles. The van der Waals surface area contributed by atoms with Crippen LogP contribution in [0.25, 0.3) is 10.9 Å². The van der Waals surface area contributed by atoms with Crippen molar-refractivity contribution in [3.63, 3.8) is 0 Å². The fourth-order valence-corrected chi connectivity index (χ4v) is 7.08. The van der Waals surface area contributed by atoms with Gasteiger partial charge in [-0.1, -0.05) is 56.2 Å². The van der Waals surface area contributed by atoms with Crippen LogP contribution < -0.4 is 0 Å². The standard InChI is InChI=1S/C28H31N5O4S/c1-4-15-31-19-26(34)32-24(16-20(2)3)28(35)30(17-22-10-8-9-21-13-14-29-27(21)22)18-25(32)33(31)38(36,37)23-11-6-5-7-12-23/h1,5-14,20,24-25,29H,15-19H2,2-3H3/t24-,25-/m0/s1. The van der Waals surface area contributed by atoms with Gasteiger partial charge in [-0.2, -0.15) is 0 Å². The Morgan fingerprint density at radius 2 is 1.84 bits per heavy atom. The Hall–Kier alpha value is -3.65. The van der Waals surface area contributed by atoms with Crippen LogP contribution in [-0.2, 0) is 26.2 Å². The number of nitrogens with one attached hydrogen (secondary N) is 1. The molecule has 10 heteroatoms. The highest BCUT2D eigenvalue weighted by Gasteiger charge is 2.53. The summed E-state index contributed by atoms with van der Waals surface area (Å²) in [5.41, 5.74) is 1.84. The Labute approximate surface area is 223 Å². The third-order valence-electron chi connectivity index (χ3n) is 7.07. The average Bonchev–Trinajstić information content (AvgIpc) is 3.37. The van der Waals surface area contributed by atoms with Crippen LogP contribution >= 0.6 is 0 Å². The molecule has 38 heavy (non-hydrogen) atoms. The molecule has 2 amide bonds. The molecule has 2 aliphatic rings. The van der Waals surface area contributed by atoms with Crippen LogP contribution in [-0.4, -0.2) is 76.3 Å². The van der Waals surface area contributed by atoms with E-state index in [1.807, 2.05) is 44.3 Å². The first-order valence-corrected chi connectivity index (χ1v) is 14.1. The van der Waals surface area contributed by atoms with Crippen molar-refractivity contribution in [2.45, 2.75) is 43.9 Å². The van der Waals surface area contributed by atoms with E-state index in [2.05, 4.69) is 10.9 Å². The predicted octanol–water partition coefficient (Wildman–Crippen LogP) is 2.63. The Morgan fingerprint density at radius 3 is 2.55 bits per heavy atom. The maximum atomic E-state index is 14.0. The van der Waals surface area contributed by atoms with Gasteiger partial charge < -0.3 is 14.8 Å². The van der Waals surface area contributed by atoms with Crippen molar-refractivity contribution in [1.82, 2.24) is 24.2 Å². The highest BCUT2D eigenvalue weighted by atomic mass is 32.2. The van der Waals surface area contributed by atoms with E-state index in [4.69, 9.17) is 6.42 Å². The molecule has 2 fully saturated rings. The number of aromatic nitrogens is 1. The summed E-state index contributed by atoms with van der Waals surface area (Å²) in [4.78, 5) is 33.8. The fraction of sp³-hybridized carbons (Fsp3) is 0.357. The van der Waals surface area contributed by atoms with Crippen LogP contribution in [0.3, 0.4) is 0 Å². The van der Waals surface area contributed by atoms with Gasteiger partial charge in [0.25, 0.3) is 10.0 Å². The number of fused-ring (bicyclic) bond motifs is 2. The molecule has 0 radical (unpaired) electrons. The van der Waals surface area contributed by atoms with Crippen LogP contribution in [0.5, 0.6) is 0 Å². The van der Waals surface area contributed by atoms with Crippen LogP contribution in [0.4, 0.5) is 0 Å². The Balaban J connectivity index is 1.60. The molecule has 5 rings (SSSR count). The van der Waals surface area contributed by atoms with Crippen molar-refractivity contribution in [1.29, 1.82) is 0 Å². The summed E-state index contributed by atoms with van der Waals surface area (Å²) in [5.74, 6) is 2.10. The lowest BCUT2D eigenvalue weighted by Crippen LogP contribution is -2.75. The third kappa shape index (κ3) is 4.58. The molecule has 2 aliphatic heterocycles. The number of sulfonamides is 1. The monoisotopic (exact) mass is 533 g/mol. The van der Waals surface area contributed by atoms with Crippen molar-refractivity contribution >= 4 is 32.7 Å². The van der Waals surface area contributed by atoms with E-state index >= 15 is 0 Å². The van der Waals surface area contributed by atoms with Gasteiger partial charge in [0.1, 0.15) is 12.2 Å². The summed E-state index contributed by atoms with van der Waals surface area (Å²) >= 11 is 0. The number of aromatic amines is 1. The molecule has 2 aromatic carbocycles. The number of carbonyl (C=O) groups excluding carboxylic acids is 2. The molecule has 0 unspecified atom stereocenters. The second-order valence-corrected chi connectivity index (χ2v) is 11.9. The molecule has 1 aromatic heterocycles. The molecule has 198 valence electrons. The number of para-hydroxylation sites is 1. The van der Waals surface area contributed by atoms with E-state index in [0.717, 1.165) is 16.5 Å². The normalized spacial score (nSPS) is 21.2. The smallest absolute Gasteiger partial charge is 0.258 e. The minimum absolute atomic E-state index is 0.0173. The van der Waals surface area contributed by atoms with Gasteiger partial charge >= 0.3 is 0 Å². The number of carbonyl (C=O) groups is 2. The molecule has 9 nitrogen and oxygen atoms in total. The molecule has 3 heterocycles. The Bertz CT molecular complexity index is 1490. The molecule has 0 saturated carbocycles. The largest absolute Gasteiger partial charge is 0.361 e. The first-order valence-electron chi connectivity index (χ1n) is 12.6. The Morgan fingerprint density at radius 1 is 1.08 bits per heavy atom. The zero-order chi connectivity index (χ0) is 27.0. The molecular weight excluding hydrogens is 502 g/mol. The van der Waals surface area contributed by atoms with E-state index < -0.39 is 22.2 Å². The number of rotatable bonds is 7. The number of benzene rings is 2. The molecule has 0 spiro atoms. The third-order valence-corrected chi connectivity index (χ3v) is 8.90. The van der Waals surface area contributed by atoms with Gasteiger partial charge in [-0.25, -0.2) is 13.4 Å². The zero-order valence-corrected chi connectivity index (χ0v) is 22.3. The number of hydrogen-bond acceptors (Lipinski definition) is 5. The number of amides is 2. The SMILES string of the molecule is C#CCN1CC(=O)N2[C@@H](CC(C)C)C(=O)N(Cc3cccc4cc[nH]c34)C[C@@H]2N1S(=O)(=O)c1ccccc1. The summed E-state index contributed by atoms with van der Waals surface area (Å²) in [5, 5.41) is 2.42. The fourth-order valence-electron chi connectivity index (χ4n) is 5.46. The van der Waals surface area contributed by atoms with Crippen LogP contribution in [0.2, 0.25) is 0 Å². The molecule has 1 N–H and O–H groups in total. The van der Waals surface area contributed by atoms with Crippen molar-refractivity contribution in [2.75, 3.05) is 19.6 Å². The van der Waals surface area contributed by atoms with Crippen LogP contribution in [0, 0.1) is 18.3 Å². The van der Waals surface area contributed by atoms with E-state index in [1.165, 1.54) is 26.5 Å². The zero-order valence-electron chi connectivity index (χ0n) is 21.4. The van der Waals surface area contributed by atoms with Gasteiger partial charge in [-0.3, -0.25) is 9.59 Å². The second kappa shape index (κ2) is 10.3. The summed E-state index contributed by atoms with van der Waals surface area (Å²) < 4.78 is 29.3. The number of nitrogens with zero attached hydrogens (tertiary/aromatic N) is 4. The highest BCUT2D eigenvalue weighted by Crippen LogP contribution is 2.34. The minimum Gasteiger partial charge on any atom is -0.361 e. The maximum absolute atomic E-state index is 14.0. The van der Waals surface area contributed by atoms with E-state index in [-0.39, 0.29) is 48.8 Å². The predicted molar refractivity (Wildman–Crippen MR) is 143 cm³/mol. The quantitative estimate of drug-likeness (QED) is 0.471. The number of H-pyrrole nitrogens is 1. The maximum Gasteiger partial charge on any atom is 0.258 e. The van der Waals surface area contributed by atoms with Gasteiger partial charge in [0.15, 0.2) is 0 Å². The first-order chi connectivity index (χ1) is 18.2. The summed E-state index contributed by atoms with van der Waals surface area (Å²) in [6.07, 6.45) is 6.93. The molecule has 0 aliphatic carbocycles. The van der Waals surface area contributed by atoms with Crippen LogP contribution in [0.1, 0.15) is 25.8 Å². The van der Waals surface area contributed by atoms with E-state index in [0.29, 0.717) is 6.42 Å². The van der Waals surface area contributed by atoms with Crippen LogP contribution in [0.15, 0.2) is 65.7 Å². The minimum atomic E-state index is -4.09. The number of terminal acetylenes is 1. The number of hydrogen-bond donors (Lipinski definition) is 1. The first kappa shape index (κ1) is 26.0. The number of hydrazine groups is 1. The van der Waals surface area contributed by atoms with Crippen molar-refractivity contribution in [3.05, 3.63) is 66.4 Å². The molecule has 0 bridgehead atoms. The summed E-state index contributed by atoms with van der Waals surface area (Å²) in [6, 6.07) is 15.1. The second-order valence-electron chi connectivity index (χ2n) is 10.1. The van der Waals surface area contributed by atoms with E-state index in [9.17, 15) is 18.0 Å². The van der Waals surface area contributed by atoms with Gasteiger partial charge in [0.2, 0.25) is 11.8 Å². The van der Waals surface area contributed by atoms with Gasteiger partial charge in [0.05, 0.1) is 30.0 Å². The molecule has 2 atom stereocenters. The summed E-state index contributed by atoms with van der Waals surface area (Å²) in [6.45, 7) is 3.97. The van der Waals surface area contributed by atoms with Crippen molar-refractivity contribution < 1.29 is 18.0 Å². The van der Waals surface area contributed by atoms with E-state index in [1.54, 1.807) is 23.1 Å². The Kier molecular flexibility index (Phi) is 7.01. The van der Waals surface area contributed by atoms with Crippen molar-refractivity contribution in [3.8, 4) is 12.3 Å². The molecule has 3 aromatic rings. The van der Waals surface area contributed by atoms with Gasteiger partial charge in [-0.15, -0.1) is 10.8 Å². The lowest BCUT2D eigenvalue weighted by atomic mass is 9.97. The van der Waals surface area contributed by atoms with Gasteiger partial charge in [0, 0.05) is 12.7 Å². The summed E-state index contributed by atoms with van der Waals surface area (Å²) in [7, 11) is -4.09. The number of piperazine rings is 1. The lowest BCUT2D eigenvalue weighted by molar-refractivity contribution is -0.184. The van der Waals surface area contributed by atoms with Crippen molar-refractivity contribution in [2.24, 2.45) is 5.92 Å². The van der Waals surface area contributed by atoms with Gasteiger partial charge in [-0.05, 0) is 41.5 Å². The highest BCUT2D eigenvalue weighted by molar-refractivity contribution is 7.89.